The molecule has 0 N–H and O–H groups in total. The average Bonchev–Trinajstić information content (AvgIpc) is 3.07. The molecule has 4 rings (SSSR count). The molecular formula is C40H74O8. The summed E-state index contributed by atoms with van der Waals surface area (Å²) in [6, 6.07) is 0. The van der Waals surface area contributed by atoms with Crippen LogP contribution in [-0.2, 0) is 37.9 Å². The van der Waals surface area contributed by atoms with Gasteiger partial charge in [-0.1, -0.05) is 90.0 Å². The highest BCUT2D eigenvalue weighted by Crippen LogP contribution is 2.44. The lowest BCUT2D eigenvalue weighted by Gasteiger charge is -2.52. The quantitative estimate of drug-likeness (QED) is 0.191. The SMILES string of the molecule is CCCO[C@@H]1C(C)[C@@H](O[C@@H]2C(C)[C@@H](O[C@@H]3C(C)[C@@H](OC4[C@@H](C)[C@H](C)C(CC)O[C@@H]4C)OC(CC)[C@H]3C)OC(CC)[C@H]2C)OC(CC)[C@H]1C. The Morgan fingerprint density at radius 3 is 1.12 bits per heavy atom. The molecule has 0 spiro atoms. The molecule has 0 aromatic heterocycles. The van der Waals surface area contributed by atoms with E-state index in [9.17, 15) is 0 Å². The third-order valence-electron chi connectivity index (χ3n) is 12.9. The third-order valence-corrected chi connectivity index (χ3v) is 12.9. The molecule has 48 heavy (non-hydrogen) atoms. The smallest absolute Gasteiger partial charge is 0.163 e. The van der Waals surface area contributed by atoms with Crippen LogP contribution < -0.4 is 0 Å². The van der Waals surface area contributed by atoms with Gasteiger partial charge in [0.15, 0.2) is 18.9 Å². The number of hydrogen-bond donors (Lipinski definition) is 0. The molecule has 8 heteroatoms. The Bertz CT molecular complexity index is 950. The summed E-state index contributed by atoms with van der Waals surface area (Å²) in [5.41, 5.74) is 0. The van der Waals surface area contributed by atoms with Crippen LogP contribution in [0.4, 0.5) is 0 Å². The Morgan fingerprint density at radius 2 is 0.729 bits per heavy atom. The zero-order valence-corrected chi connectivity index (χ0v) is 33.1. The van der Waals surface area contributed by atoms with Gasteiger partial charge < -0.3 is 37.9 Å². The van der Waals surface area contributed by atoms with Crippen molar-refractivity contribution >= 4 is 0 Å². The van der Waals surface area contributed by atoms with Crippen LogP contribution in [0.3, 0.4) is 0 Å². The second-order valence-electron chi connectivity index (χ2n) is 16.2. The summed E-state index contributed by atoms with van der Waals surface area (Å²) >= 11 is 0. The summed E-state index contributed by atoms with van der Waals surface area (Å²) in [5.74, 6) is 1.64. The van der Waals surface area contributed by atoms with Crippen LogP contribution in [0.15, 0.2) is 0 Å². The van der Waals surface area contributed by atoms with Crippen molar-refractivity contribution in [3.8, 4) is 0 Å². The molecule has 4 heterocycles. The number of hydrogen-bond acceptors (Lipinski definition) is 8. The van der Waals surface area contributed by atoms with E-state index in [0.29, 0.717) is 17.8 Å². The van der Waals surface area contributed by atoms with Crippen LogP contribution in [0.5, 0.6) is 0 Å². The number of rotatable bonds is 13. The Hall–Kier alpha value is -0.320. The first-order valence-electron chi connectivity index (χ1n) is 20.0. The van der Waals surface area contributed by atoms with Crippen molar-refractivity contribution in [1.29, 1.82) is 0 Å². The van der Waals surface area contributed by atoms with Gasteiger partial charge >= 0.3 is 0 Å². The molecule has 282 valence electrons. The van der Waals surface area contributed by atoms with E-state index < -0.39 is 6.29 Å². The van der Waals surface area contributed by atoms with Gasteiger partial charge in [0, 0.05) is 42.1 Å². The molecule has 8 unspecified atom stereocenters. The topological polar surface area (TPSA) is 73.8 Å². The van der Waals surface area contributed by atoms with Crippen LogP contribution >= 0.6 is 0 Å². The minimum Gasteiger partial charge on any atom is -0.377 e. The molecule has 4 aliphatic heterocycles. The maximum atomic E-state index is 7.13. The molecule has 20 atom stereocenters. The predicted octanol–water partition coefficient (Wildman–Crippen LogP) is 8.63. The molecular weight excluding hydrogens is 608 g/mol. The highest BCUT2D eigenvalue weighted by atomic mass is 16.7. The lowest BCUT2D eigenvalue weighted by Crippen LogP contribution is -2.59. The van der Waals surface area contributed by atoms with Gasteiger partial charge in [-0.25, -0.2) is 0 Å². The average molecular weight is 683 g/mol. The number of ether oxygens (including phenoxy) is 8. The summed E-state index contributed by atoms with van der Waals surface area (Å²) in [6.07, 6.45) is 3.96. The largest absolute Gasteiger partial charge is 0.377 e. The van der Waals surface area contributed by atoms with Crippen molar-refractivity contribution in [3.63, 3.8) is 0 Å². The van der Waals surface area contributed by atoms with E-state index in [1.807, 2.05) is 0 Å². The van der Waals surface area contributed by atoms with Gasteiger partial charge in [0.2, 0.25) is 0 Å². The highest BCUT2D eigenvalue weighted by molar-refractivity contribution is 4.94. The molecule has 8 nitrogen and oxygen atoms in total. The molecule has 0 saturated carbocycles. The standard InChI is InChI=1S/C40H74O8/c1-15-20-41-34-23(8)31(17-3)43-38(26(34)11)46-35-24(9)32(18-4)44-39(27(35)12)47-36-25(10)33(19-5)45-40(28(36)13)48-37-22(7)21(6)30(16-2)42-29(37)14/h21-40H,15-20H2,1-14H3/t21-,22-,23+,24+,25+,26?,27?,28?,29+,30?,31?,32?,33?,34-,35-,36-,37?,38+,39+,40+/m0/s1. The van der Waals surface area contributed by atoms with Crippen LogP contribution in [0.25, 0.3) is 0 Å². The zero-order chi connectivity index (χ0) is 35.4. The molecule has 0 amide bonds. The lowest BCUT2D eigenvalue weighted by molar-refractivity contribution is -0.356. The van der Waals surface area contributed by atoms with Crippen molar-refractivity contribution in [2.45, 2.75) is 203 Å². The maximum absolute atomic E-state index is 7.13. The summed E-state index contributed by atoms with van der Waals surface area (Å²) < 4.78 is 54.1. The molecule has 0 bridgehead atoms. The van der Waals surface area contributed by atoms with Crippen LogP contribution in [0.2, 0.25) is 0 Å². The normalized spacial score (nSPS) is 50.4. The first kappa shape index (κ1) is 40.5. The van der Waals surface area contributed by atoms with Gasteiger partial charge in [0.05, 0.1) is 54.9 Å². The summed E-state index contributed by atoms with van der Waals surface area (Å²) in [7, 11) is 0. The first-order chi connectivity index (χ1) is 22.8. The second kappa shape index (κ2) is 17.9. The van der Waals surface area contributed by atoms with Crippen molar-refractivity contribution in [3.05, 3.63) is 0 Å². The second-order valence-corrected chi connectivity index (χ2v) is 16.2. The minimum atomic E-state index is -0.407. The molecule has 4 fully saturated rings. The van der Waals surface area contributed by atoms with E-state index >= 15 is 0 Å². The first-order valence-corrected chi connectivity index (χ1v) is 20.0. The summed E-state index contributed by atoms with van der Waals surface area (Å²) in [4.78, 5) is 0. The molecule has 0 aliphatic carbocycles. The summed E-state index contributed by atoms with van der Waals surface area (Å²) in [5, 5.41) is 0. The van der Waals surface area contributed by atoms with Crippen LogP contribution in [0, 0.1) is 47.3 Å². The van der Waals surface area contributed by atoms with Crippen LogP contribution in [0.1, 0.15) is 129 Å². The van der Waals surface area contributed by atoms with E-state index in [0.717, 1.165) is 38.7 Å². The Labute approximate surface area is 294 Å². The molecule has 0 radical (unpaired) electrons. The predicted molar refractivity (Wildman–Crippen MR) is 189 cm³/mol. The Morgan fingerprint density at radius 1 is 0.375 bits per heavy atom. The van der Waals surface area contributed by atoms with Gasteiger partial charge in [-0.3, -0.25) is 0 Å². The molecule has 0 aromatic rings. The van der Waals surface area contributed by atoms with Crippen molar-refractivity contribution in [2.75, 3.05) is 6.61 Å². The minimum absolute atomic E-state index is 0.00772. The summed E-state index contributed by atoms with van der Waals surface area (Å²) in [6.45, 7) is 31.9. The molecule has 4 saturated heterocycles. The van der Waals surface area contributed by atoms with Crippen LogP contribution in [-0.4, -0.2) is 80.4 Å². The molecule has 4 aliphatic rings. The van der Waals surface area contributed by atoms with Gasteiger partial charge in [-0.15, -0.1) is 0 Å². The van der Waals surface area contributed by atoms with Gasteiger partial charge in [0.1, 0.15) is 0 Å². The monoisotopic (exact) mass is 683 g/mol. The third kappa shape index (κ3) is 8.48. The van der Waals surface area contributed by atoms with Crippen molar-refractivity contribution < 1.29 is 37.9 Å². The molecule has 0 aromatic carbocycles. The van der Waals surface area contributed by atoms with E-state index in [4.69, 9.17) is 37.9 Å². The van der Waals surface area contributed by atoms with Crippen molar-refractivity contribution in [2.24, 2.45) is 47.3 Å². The van der Waals surface area contributed by atoms with Gasteiger partial charge in [-0.2, -0.15) is 0 Å². The Kier molecular flexibility index (Phi) is 15.1. The fourth-order valence-corrected chi connectivity index (χ4v) is 9.43. The Balaban J connectivity index is 1.52. The van der Waals surface area contributed by atoms with Crippen molar-refractivity contribution in [1.82, 2.24) is 0 Å². The lowest BCUT2D eigenvalue weighted by atomic mass is 9.80. The van der Waals surface area contributed by atoms with Gasteiger partial charge in [-0.05, 0) is 50.9 Å². The van der Waals surface area contributed by atoms with Gasteiger partial charge in [0.25, 0.3) is 0 Å². The maximum Gasteiger partial charge on any atom is 0.163 e. The zero-order valence-electron chi connectivity index (χ0n) is 33.1. The fraction of sp³-hybridized carbons (Fsp3) is 1.00. The highest BCUT2D eigenvalue weighted by Gasteiger charge is 2.51. The van der Waals surface area contributed by atoms with E-state index in [1.54, 1.807) is 0 Å². The van der Waals surface area contributed by atoms with E-state index in [1.165, 1.54) is 0 Å². The van der Waals surface area contributed by atoms with E-state index in [2.05, 4.69) is 96.9 Å². The van der Waals surface area contributed by atoms with E-state index in [-0.39, 0.29) is 97.1 Å². The fourth-order valence-electron chi connectivity index (χ4n) is 9.43.